The van der Waals surface area contributed by atoms with Crippen LogP contribution in [0.15, 0.2) is 60.7 Å². The molecule has 10 nitrogen and oxygen atoms in total. The number of nitrogens with two attached hydrogens (primary N) is 1. The van der Waals surface area contributed by atoms with Crippen LogP contribution in [0.2, 0.25) is 5.02 Å². The molecule has 3 aromatic carbocycles. The third kappa shape index (κ3) is 6.91. The predicted octanol–water partition coefficient (Wildman–Crippen LogP) is 4.89. The molecule has 204 valence electrons. The molecule has 11 heteroatoms. The maximum Gasteiger partial charge on any atom is 0.335 e. The SMILES string of the molecule is COc1cc(CC(=O)N2CCC[C@H]2COc2ccc(C(=O)O)cc2N)ccc1NC(=O)Nc1ccccc1Cl. The number of carboxylic acid groups (broad SMARTS) is 1. The van der Waals surface area contributed by atoms with Crippen LogP contribution in [0.4, 0.5) is 21.9 Å². The molecular weight excluding hydrogens is 524 g/mol. The van der Waals surface area contributed by atoms with Crippen molar-refractivity contribution in [2.24, 2.45) is 0 Å². The molecule has 3 aromatic rings. The van der Waals surface area contributed by atoms with E-state index in [1.165, 1.54) is 25.3 Å². The lowest BCUT2D eigenvalue weighted by Gasteiger charge is -2.25. The van der Waals surface area contributed by atoms with Crippen LogP contribution in [-0.2, 0) is 11.2 Å². The molecule has 1 atom stereocenters. The number of anilines is 3. The van der Waals surface area contributed by atoms with Crippen molar-refractivity contribution >= 4 is 46.6 Å². The summed E-state index contributed by atoms with van der Waals surface area (Å²) in [5.74, 6) is -0.335. The second-order valence-electron chi connectivity index (χ2n) is 9.02. The first kappa shape index (κ1) is 27.6. The summed E-state index contributed by atoms with van der Waals surface area (Å²) < 4.78 is 11.3. The first-order chi connectivity index (χ1) is 18.7. The number of aromatic carboxylic acids is 1. The third-order valence-electron chi connectivity index (χ3n) is 6.38. The molecule has 1 aliphatic heterocycles. The summed E-state index contributed by atoms with van der Waals surface area (Å²) in [6, 6.07) is 15.7. The van der Waals surface area contributed by atoms with E-state index < -0.39 is 12.0 Å². The van der Waals surface area contributed by atoms with Gasteiger partial charge in [0, 0.05) is 6.54 Å². The largest absolute Gasteiger partial charge is 0.495 e. The van der Waals surface area contributed by atoms with Gasteiger partial charge in [0.05, 0.1) is 47.2 Å². The summed E-state index contributed by atoms with van der Waals surface area (Å²) in [7, 11) is 1.49. The number of carboxylic acids is 1. The second-order valence-corrected chi connectivity index (χ2v) is 9.43. The number of hydrogen-bond acceptors (Lipinski definition) is 6. The lowest BCUT2D eigenvalue weighted by Crippen LogP contribution is -2.40. The van der Waals surface area contributed by atoms with Gasteiger partial charge < -0.3 is 35.8 Å². The molecule has 1 heterocycles. The Balaban J connectivity index is 1.36. The highest BCUT2D eigenvalue weighted by molar-refractivity contribution is 6.33. The molecule has 0 aliphatic carbocycles. The first-order valence-corrected chi connectivity index (χ1v) is 12.7. The monoisotopic (exact) mass is 552 g/mol. The zero-order chi connectivity index (χ0) is 27.9. The summed E-state index contributed by atoms with van der Waals surface area (Å²) >= 11 is 6.10. The van der Waals surface area contributed by atoms with Gasteiger partial charge in [0.1, 0.15) is 18.1 Å². The fourth-order valence-corrected chi connectivity index (χ4v) is 4.58. The number of nitrogens with one attached hydrogen (secondary N) is 2. The number of benzene rings is 3. The number of amides is 3. The number of rotatable bonds is 9. The van der Waals surface area contributed by atoms with Gasteiger partial charge in [-0.05, 0) is 60.9 Å². The number of nitrogens with zero attached hydrogens (tertiary/aromatic N) is 1. The van der Waals surface area contributed by atoms with Crippen molar-refractivity contribution in [3.05, 3.63) is 76.8 Å². The van der Waals surface area contributed by atoms with Crippen LogP contribution in [-0.4, -0.2) is 54.2 Å². The van der Waals surface area contributed by atoms with E-state index >= 15 is 0 Å². The molecule has 1 fully saturated rings. The standard InChI is InChI=1S/C28H29ClN4O6/c1-38-25-13-17(8-10-23(25)32-28(37)31-22-7-3-2-6-20(22)29)14-26(34)33-12-4-5-19(33)16-39-24-11-9-18(27(35)36)15-21(24)30/h2-3,6-11,13,15,19H,4-5,12,14,16,30H2,1H3,(H,35,36)(H2,31,32,37)/t19-/m0/s1. The van der Waals surface area contributed by atoms with Gasteiger partial charge in [-0.25, -0.2) is 9.59 Å². The van der Waals surface area contributed by atoms with Gasteiger partial charge in [0.2, 0.25) is 5.91 Å². The number of carbonyl (C=O) groups is 3. The number of likely N-dealkylation sites (tertiary alicyclic amines) is 1. The molecule has 3 amide bonds. The highest BCUT2D eigenvalue weighted by Crippen LogP contribution is 2.29. The Bertz CT molecular complexity index is 1380. The number of ether oxygens (including phenoxy) is 2. The highest BCUT2D eigenvalue weighted by atomic mass is 35.5. The molecule has 39 heavy (non-hydrogen) atoms. The van der Waals surface area contributed by atoms with E-state index in [9.17, 15) is 14.4 Å². The van der Waals surface area contributed by atoms with Crippen LogP contribution in [0, 0.1) is 0 Å². The Morgan fingerprint density at radius 1 is 1.05 bits per heavy atom. The number of urea groups is 1. The van der Waals surface area contributed by atoms with E-state index in [0.29, 0.717) is 34.4 Å². The van der Waals surface area contributed by atoms with Crippen LogP contribution in [0.25, 0.3) is 0 Å². The summed E-state index contributed by atoms with van der Waals surface area (Å²) in [4.78, 5) is 38.5. The molecule has 0 radical (unpaired) electrons. The zero-order valence-electron chi connectivity index (χ0n) is 21.3. The van der Waals surface area contributed by atoms with Crippen LogP contribution >= 0.6 is 11.6 Å². The number of carbonyl (C=O) groups excluding carboxylic acids is 2. The van der Waals surface area contributed by atoms with Gasteiger partial charge in [-0.15, -0.1) is 0 Å². The topological polar surface area (TPSA) is 143 Å². The molecule has 0 spiro atoms. The Labute approximate surface area is 230 Å². The van der Waals surface area contributed by atoms with Gasteiger partial charge >= 0.3 is 12.0 Å². The van der Waals surface area contributed by atoms with E-state index in [1.54, 1.807) is 47.4 Å². The van der Waals surface area contributed by atoms with E-state index in [0.717, 1.165) is 18.4 Å². The minimum Gasteiger partial charge on any atom is -0.495 e. The van der Waals surface area contributed by atoms with Gasteiger partial charge in [-0.1, -0.05) is 29.8 Å². The fourth-order valence-electron chi connectivity index (χ4n) is 4.40. The quantitative estimate of drug-likeness (QED) is 0.277. The van der Waals surface area contributed by atoms with Crippen molar-refractivity contribution in [1.29, 1.82) is 0 Å². The maximum atomic E-state index is 13.2. The van der Waals surface area contributed by atoms with Crippen molar-refractivity contribution in [2.75, 3.05) is 36.6 Å². The Kier molecular flexibility index (Phi) is 8.77. The average Bonchev–Trinajstić information content (AvgIpc) is 3.39. The van der Waals surface area contributed by atoms with E-state index in [1.807, 2.05) is 0 Å². The van der Waals surface area contributed by atoms with Crippen LogP contribution in [0.1, 0.15) is 28.8 Å². The molecule has 0 bridgehead atoms. The third-order valence-corrected chi connectivity index (χ3v) is 6.71. The molecule has 1 aliphatic rings. The van der Waals surface area contributed by atoms with E-state index in [4.69, 9.17) is 31.9 Å². The van der Waals surface area contributed by atoms with Crippen molar-refractivity contribution in [3.8, 4) is 11.5 Å². The summed E-state index contributed by atoms with van der Waals surface area (Å²) in [6.45, 7) is 0.856. The minimum atomic E-state index is -1.07. The molecule has 0 unspecified atom stereocenters. The lowest BCUT2D eigenvalue weighted by molar-refractivity contribution is -0.131. The second kappa shape index (κ2) is 12.4. The Hall–Kier alpha value is -4.44. The fraction of sp³-hybridized carbons (Fsp3) is 0.250. The molecule has 5 N–H and O–H groups in total. The summed E-state index contributed by atoms with van der Waals surface area (Å²) in [5, 5.41) is 14.9. The smallest absolute Gasteiger partial charge is 0.335 e. The van der Waals surface area contributed by atoms with E-state index in [-0.39, 0.29) is 36.2 Å². The summed E-state index contributed by atoms with van der Waals surface area (Å²) in [5.41, 5.74) is 7.89. The zero-order valence-corrected chi connectivity index (χ0v) is 22.0. The normalized spacial score (nSPS) is 14.5. The molecule has 1 saturated heterocycles. The number of halogens is 1. The van der Waals surface area contributed by atoms with Crippen molar-refractivity contribution in [2.45, 2.75) is 25.3 Å². The number of hydrogen-bond donors (Lipinski definition) is 4. The van der Waals surface area contributed by atoms with Crippen LogP contribution in [0.5, 0.6) is 11.5 Å². The Morgan fingerprint density at radius 2 is 1.82 bits per heavy atom. The summed E-state index contributed by atoms with van der Waals surface area (Å²) in [6.07, 6.45) is 1.78. The van der Waals surface area contributed by atoms with Crippen molar-refractivity contribution in [3.63, 3.8) is 0 Å². The minimum absolute atomic E-state index is 0.0606. The average molecular weight is 553 g/mol. The van der Waals surface area contributed by atoms with Crippen molar-refractivity contribution in [1.82, 2.24) is 4.90 Å². The van der Waals surface area contributed by atoms with Gasteiger partial charge in [0.25, 0.3) is 0 Å². The van der Waals surface area contributed by atoms with Gasteiger partial charge in [-0.2, -0.15) is 0 Å². The lowest BCUT2D eigenvalue weighted by atomic mass is 10.1. The molecular formula is C28H29ClN4O6. The first-order valence-electron chi connectivity index (χ1n) is 12.3. The van der Waals surface area contributed by atoms with Crippen LogP contribution in [0.3, 0.4) is 0 Å². The molecule has 0 aromatic heterocycles. The van der Waals surface area contributed by atoms with E-state index in [2.05, 4.69) is 10.6 Å². The molecule has 4 rings (SSSR count). The predicted molar refractivity (Wildman–Crippen MR) is 149 cm³/mol. The maximum absolute atomic E-state index is 13.2. The number of para-hydroxylation sites is 1. The molecule has 0 saturated carbocycles. The number of methoxy groups -OCH3 is 1. The van der Waals surface area contributed by atoms with Crippen LogP contribution < -0.4 is 25.8 Å². The van der Waals surface area contributed by atoms with Gasteiger partial charge in [0.15, 0.2) is 0 Å². The highest BCUT2D eigenvalue weighted by Gasteiger charge is 2.29. The number of nitrogen functional groups attached to an aromatic ring is 1. The Morgan fingerprint density at radius 3 is 2.54 bits per heavy atom. The van der Waals surface area contributed by atoms with Crippen molar-refractivity contribution < 1.29 is 29.0 Å². The van der Waals surface area contributed by atoms with Gasteiger partial charge in [-0.3, -0.25) is 4.79 Å².